The molecule has 2 aliphatic carbocycles. The lowest BCUT2D eigenvalue weighted by atomic mass is 9.68. The number of nitrogens with zero attached hydrogens (tertiary/aromatic N) is 2. The normalized spacial score (nSPS) is 12.6. The van der Waals surface area contributed by atoms with E-state index >= 15 is 0 Å². The molecule has 1 spiro atoms. The maximum atomic E-state index is 2.40. The van der Waals surface area contributed by atoms with Crippen molar-refractivity contribution in [1.82, 2.24) is 0 Å². The van der Waals surface area contributed by atoms with E-state index in [-0.39, 0.29) is 0 Å². The summed E-state index contributed by atoms with van der Waals surface area (Å²) in [5, 5.41) is 5.01. The topological polar surface area (TPSA) is 6.48 Å². The van der Waals surface area contributed by atoms with Crippen molar-refractivity contribution in [2.45, 2.75) is 47.0 Å². The van der Waals surface area contributed by atoms with Gasteiger partial charge in [0.25, 0.3) is 0 Å². The van der Waals surface area contributed by atoms with Gasteiger partial charge in [0, 0.05) is 34.1 Å². The summed E-state index contributed by atoms with van der Waals surface area (Å²) in [6, 6.07) is 77.2. The second-order valence-electron chi connectivity index (χ2n) is 17.5. The molecule has 0 saturated carbocycles. The number of fused-ring (bicyclic) bond motifs is 14. The largest absolute Gasteiger partial charge is 0.310 e. The molecule has 0 fully saturated rings. The average molecular weight is 837 g/mol. The Morgan fingerprint density at radius 2 is 0.662 bits per heavy atom. The van der Waals surface area contributed by atoms with E-state index in [1.54, 1.807) is 0 Å². The Kier molecular flexibility index (Phi) is 9.78. The molecule has 2 nitrogen and oxygen atoms in total. The van der Waals surface area contributed by atoms with Gasteiger partial charge in [0.2, 0.25) is 0 Å². The minimum absolute atomic E-state index is 0.528. The Morgan fingerprint density at radius 1 is 0.292 bits per heavy atom. The molecule has 0 radical (unpaired) electrons. The molecule has 0 bridgehead atoms. The number of aryl methyl sites for hydroxylation is 4. The second-order valence-corrected chi connectivity index (χ2v) is 17.5. The van der Waals surface area contributed by atoms with Crippen LogP contribution in [0, 0.1) is 27.7 Å². The molecular weight excluding hydrogens is 785 g/mol. The number of hydrogen-bond acceptors (Lipinski definition) is 2. The van der Waals surface area contributed by atoms with Crippen LogP contribution in [0.15, 0.2) is 206 Å². The quantitative estimate of drug-likeness (QED) is 0.165. The fourth-order valence-corrected chi connectivity index (χ4v) is 10.8. The van der Waals surface area contributed by atoms with E-state index in [2.05, 4.69) is 244 Å². The third-order valence-corrected chi connectivity index (χ3v) is 14.0. The lowest BCUT2D eigenvalue weighted by Crippen LogP contribution is -2.26. The highest BCUT2D eigenvalue weighted by molar-refractivity contribution is 6.10. The number of para-hydroxylation sites is 2. The highest BCUT2D eigenvalue weighted by Gasteiger charge is 2.53. The maximum Gasteiger partial charge on any atom is 0.0737 e. The minimum Gasteiger partial charge on any atom is -0.310 e. The molecule has 10 aromatic carbocycles. The van der Waals surface area contributed by atoms with Crippen LogP contribution in [0.4, 0.5) is 34.1 Å². The van der Waals surface area contributed by atoms with E-state index in [1.807, 2.05) is 13.8 Å². The van der Waals surface area contributed by atoms with E-state index in [0.717, 1.165) is 34.1 Å². The number of benzene rings is 10. The molecule has 0 amide bonds. The van der Waals surface area contributed by atoms with Crippen molar-refractivity contribution < 1.29 is 0 Å². The first-order valence-electron chi connectivity index (χ1n) is 23.1. The van der Waals surface area contributed by atoms with Crippen molar-refractivity contribution in [2.75, 3.05) is 9.80 Å². The summed E-state index contributed by atoms with van der Waals surface area (Å²) in [5.74, 6) is 0. The molecule has 2 aliphatic rings. The Labute approximate surface area is 383 Å². The van der Waals surface area contributed by atoms with E-state index in [0.29, 0.717) is 0 Å². The molecule has 2 heteroatoms. The lowest BCUT2D eigenvalue weighted by Gasteiger charge is -2.33. The summed E-state index contributed by atoms with van der Waals surface area (Å²) >= 11 is 0. The summed E-state index contributed by atoms with van der Waals surface area (Å²) in [5.41, 5.74) is 22.1. The zero-order chi connectivity index (χ0) is 44.4. The molecule has 0 aromatic heterocycles. The third-order valence-electron chi connectivity index (χ3n) is 14.0. The third kappa shape index (κ3) is 6.15. The molecule has 0 unspecified atom stereocenters. The first kappa shape index (κ1) is 40.1. The summed E-state index contributed by atoms with van der Waals surface area (Å²) in [7, 11) is 0. The van der Waals surface area contributed by atoms with Crippen LogP contribution in [0.5, 0.6) is 0 Å². The van der Waals surface area contributed by atoms with Crippen molar-refractivity contribution >= 4 is 55.7 Å². The zero-order valence-corrected chi connectivity index (χ0v) is 38.0. The van der Waals surface area contributed by atoms with Crippen LogP contribution in [0.2, 0.25) is 0 Å². The van der Waals surface area contributed by atoms with E-state index in [9.17, 15) is 0 Å². The Balaban J connectivity index is 0.00000231. The summed E-state index contributed by atoms with van der Waals surface area (Å²) in [6.07, 6.45) is 0. The van der Waals surface area contributed by atoms with E-state index in [1.165, 1.54) is 88.3 Å². The standard InChI is InChI=1S/C61H46N2.C2H6/c1-39-23-27-47(35-41(39)3)62(45-15-7-5-8-16-45)49-29-33-51-43(37-49)25-31-55-56-32-26-44-38-50(63(46-17-9-6-10-18-46)48-28-24-40(2)42(4)36-48)30-34-52(44)60(56)61(59(51)55)57-21-13-11-19-53(57)54-20-12-14-22-58(54)61;1-2/h5-38H,1-4H3;1-2H3. The van der Waals surface area contributed by atoms with Gasteiger partial charge in [-0.3, -0.25) is 0 Å². The highest BCUT2D eigenvalue weighted by atomic mass is 15.1. The van der Waals surface area contributed by atoms with Gasteiger partial charge < -0.3 is 9.80 Å². The molecule has 65 heavy (non-hydrogen) atoms. The van der Waals surface area contributed by atoms with E-state index in [4.69, 9.17) is 0 Å². The summed E-state index contributed by atoms with van der Waals surface area (Å²) in [6.45, 7) is 12.8. The molecule has 0 atom stereocenters. The van der Waals surface area contributed by atoms with Crippen LogP contribution in [0.25, 0.3) is 43.8 Å². The van der Waals surface area contributed by atoms with Gasteiger partial charge in [0.1, 0.15) is 0 Å². The van der Waals surface area contributed by atoms with Gasteiger partial charge >= 0.3 is 0 Å². The Hall–Kier alpha value is -7.68. The van der Waals surface area contributed by atoms with Crippen LogP contribution < -0.4 is 9.80 Å². The Bertz CT molecular complexity index is 3220. The maximum absolute atomic E-state index is 2.40. The van der Waals surface area contributed by atoms with Gasteiger partial charge in [-0.05, 0) is 189 Å². The molecule has 10 aromatic rings. The van der Waals surface area contributed by atoms with Crippen LogP contribution in [-0.2, 0) is 5.41 Å². The van der Waals surface area contributed by atoms with Gasteiger partial charge in [-0.2, -0.15) is 0 Å². The molecule has 0 aliphatic heterocycles. The van der Waals surface area contributed by atoms with Crippen molar-refractivity contribution in [3.05, 3.63) is 251 Å². The Morgan fingerprint density at radius 3 is 1.08 bits per heavy atom. The fraction of sp³-hybridized carbons (Fsp3) is 0.111. The predicted octanol–water partition coefficient (Wildman–Crippen LogP) is 17.5. The zero-order valence-electron chi connectivity index (χ0n) is 38.0. The molecular formula is C63H52N2. The smallest absolute Gasteiger partial charge is 0.0737 e. The number of anilines is 6. The fourth-order valence-electron chi connectivity index (χ4n) is 10.8. The SMILES string of the molecule is CC.Cc1ccc(N(c2ccccc2)c2ccc3c4c(ccc3c2)-c2ccc3cc(N(c5ccccc5)c5ccc(C)c(C)c5)ccc3c2C42c3ccccc3-c3ccccc32)cc1C. The predicted molar refractivity (Wildman–Crippen MR) is 277 cm³/mol. The molecule has 0 heterocycles. The van der Waals surface area contributed by atoms with Crippen LogP contribution >= 0.6 is 0 Å². The van der Waals surface area contributed by atoms with Crippen LogP contribution in [0.1, 0.15) is 58.4 Å². The van der Waals surface area contributed by atoms with Crippen LogP contribution in [-0.4, -0.2) is 0 Å². The van der Waals surface area contributed by atoms with Gasteiger partial charge in [-0.1, -0.05) is 147 Å². The van der Waals surface area contributed by atoms with Crippen molar-refractivity contribution in [3.8, 4) is 22.3 Å². The van der Waals surface area contributed by atoms with Crippen molar-refractivity contribution in [2.24, 2.45) is 0 Å². The first-order chi connectivity index (χ1) is 31.9. The van der Waals surface area contributed by atoms with Crippen LogP contribution in [0.3, 0.4) is 0 Å². The molecule has 0 N–H and O–H groups in total. The number of rotatable bonds is 6. The van der Waals surface area contributed by atoms with Gasteiger partial charge in [-0.25, -0.2) is 0 Å². The first-order valence-corrected chi connectivity index (χ1v) is 23.1. The summed E-state index contributed by atoms with van der Waals surface area (Å²) < 4.78 is 0. The van der Waals surface area contributed by atoms with Gasteiger partial charge in [0.05, 0.1) is 5.41 Å². The molecule has 12 rings (SSSR count). The highest BCUT2D eigenvalue weighted by Crippen LogP contribution is 2.65. The van der Waals surface area contributed by atoms with Gasteiger partial charge in [0.15, 0.2) is 0 Å². The molecule has 314 valence electrons. The van der Waals surface area contributed by atoms with Crippen molar-refractivity contribution in [1.29, 1.82) is 0 Å². The summed E-state index contributed by atoms with van der Waals surface area (Å²) in [4.78, 5) is 4.79. The monoisotopic (exact) mass is 836 g/mol. The van der Waals surface area contributed by atoms with Gasteiger partial charge in [-0.15, -0.1) is 0 Å². The van der Waals surface area contributed by atoms with Crippen molar-refractivity contribution in [3.63, 3.8) is 0 Å². The van der Waals surface area contributed by atoms with E-state index < -0.39 is 5.41 Å². The lowest BCUT2D eigenvalue weighted by molar-refractivity contribution is 0.809. The minimum atomic E-state index is -0.528. The second kappa shape index (κ2) is 15.8. The average Bonchev–Trinajstić information content (AvgIpc) is 3.83. The number of hydrogen-bond donors (Lipinski definition) is 0. The molecule has 0 saturated heterocycles.